The van der Waals surface area contributed by atoms with E-state index in [-0.39, 0.29) is 24.4 Å². The van der Waals surface area contributed by atoms with E-state index in [0.717, 1.165) is 28.4 Å². The Balaban J connectivity index is 1.42. The van der Waals surface area contributed by atoms with Crippen molar-refractivity contribution in [2.75, 3.05) is 19.0 Å². The zero-order valence-corrected chi connectivity index (χ0v) is 22.5. The molecule has 1 saturated heterocycles. The number of pyridine rings is 1. The maximum Gasteiger partial charge on any atom is 0.226 e. The Morgan fingerprint density at radius 2 is 1.97 bits per heavy atom. The number of furan rings is 1. The van der Waals surface area contributed by atoms with Crippen LogP contribution in [0.2, 0.25) is 0 Å². The molecule has 2 N–H and O–H groups in total. The summed E-state index contributed by atoms with van der Waals surface area (Å²) < 4.78 is 13.2. The highest BCUT2D eigenvalue weighted by molar-refractivity contribution is 7.80. The second-order valence-corrected chi connectivity index (χ2v) is 9.70. The van der Waals surface area contributed by atoms with Crippen molar-refractivity contribution >= 4 is 28.9 Å². The van der Waals surface area contributed by atoms with Gasteiger partial charge >= 0.3 is 0 Å². The lowest BCUT2D eigenvalue weighted by molar-refractivity contribution is -0.116. The number of ether oxygens (including phenoxy) is 1. The molecule has 5 rings (SSSR count). The molecule has 0 unspecified atom stereocenters. The maximum absolute atomic E-state index is 13.0. The Hall–Kier alpha value is -4.11. The Morgan fingerprint density at radius 1 is 1.16 bits per heavy atom. The first-order valence-corrected chi connectivity index (χ1v) is 13.0. The molecule has 8 nitrogen and oxygen atoms in total. The van der Waals surface area contributed by atoms with Gasteiger partial charge in [0.1, 0.15) is 11.5 Å². The number of amides is 1. The fraction of sp³-hybridized carbons (Fsp3) is 0.276. The number of nitrogens with one attached hydrogen (secondary N) is 2. The van der Waals surface area contributed by atoms with E-state index in [1.165, 1.54) is 0 Å². The average molecular weight is 530 g/mol. The fourth-order valence-corrected chi connectivity index (χ4v) is 5.43. The van der Waals surface area contributed by atoms with Crippen molar-refractivity contribution < 1.29 is 13.9 Å². The van der Waals surface area contributed by atoms with E-state index in [1.54, 1.807) is 19.6 Å². The molecule has 0 spiro atoms. The maximum atomic E-state index is 13.0. The molecule has 1 aromatic carbocycles. The van der Waals surface area contributed by atoms with E-state index in [4.69, 9.17) is 21.4 Å². The number of aryl methyl sites for hydroxylation is 1. The van der Waals surface area contributed by atoms with Gasteiger partial charge in [-0.1, -0.05) is 18.2 Å². The lowest BCUT2D eigenvalue weighted by Crippen LogP contribution is -2.33. The third-order valence-corrected chi connectivity index (χ3v) is 7.34. The Labute approximate surface area is 227 Å². The molecule has 196 valence electrons. The summed E-state index contributed by atoms with van der Waals surface area (Å²) in [5, 5.41) is 7.05. The van der Waals surface area contributed by atoms with Crippen LogP contribution in [0.4, 0.5) is 5.69 Å². The third-order valence-electron chi connectivity index (χ3n) is 6.98. The van der Waals surface area contributed by atoms with Gasteiger partial charge in [-0.25, -0.2) is 0 Å². The van der Waals surface area contributed by atoms with E-state index < -0.39 is 0 Å². The zero-order chi connectivity index (χ0) is 26.6. The van der Waals surface area contributed by atoms with Crippen LogP contribution < -0.4 is 15.4 Å². The summed E-state index contributed by atoms with van der Waals surface area (Å²) in [5.41, 5.74) is 4.94. The highest BCUT2D eigenvalue weighted by Gasteiger charge is 2.41. The first-order chi connectivity index (χ1) is 18.5. The summed E-state index contributed by atoms with van der Waals surface area (Å²) in [7, 11) is 1.59. The van der Waals surface area contributed by atoms with Crippen molar-refractivity contribution in [1.29, 1.82) is 0 Å². The van der Waals surface area contributed by atoms with Gasteiger partial charge in [0.05, 0.1) is 43.4 Å². The highest BCUT2D eigenvalue weighted by Crippen LogP contribution is 2.41. The topological polar surface area (TPSA) is 84.6 Å². The summed E-state index contributed by atoms with van der Waals surface area (Å²) in [5.74, 6) is 1.40. The molecule has 3 aromatic heterocycles. The van der Waals surface area contributed by atoms with Crippen LogP contribution in [-0.2, 0) is 11.3 Å². The average Bonchev–Trinajstić information content (AvgIpc) is 3.63. The molecular formula is C29H31N5O3S. The van der Waals surface area contributed by atoms with Gasteiger partial charge in [-0.2, -0.15) is 0 Å². The van der Waals surface area contributed by atoms with Crippen molar-refractivity contribution in [3.05, 3.63) is 102 Å². The van der Waals surface area contributed by atoms with E-state index in [2.05, 4.69) is 45.0 Å². The van der Waals surface area contributed by atoms with Gasteiger partial charge in [-0.05, 0) is 74.1 Å². The molecule has 9 heteroatoms. The quantitative estimate of drug-likeness (QED) is 0.290. The van der Waals surface area contributed by atoms with Crippen molar-refractivity contribution in [3.63, 3.8) is 0 Å². The van der Waals surface area contributed by atoms with Crippen molar-refractivity contribution in [1.82, 2.24) is 19.8 Å². The number of benzene rings is 1. The van der Waals surface area contributed by atoms with Crippen LogP contribution in [-0.4, -0.2) is 39.1 Å². The number of rotatable bonds is 9. The van der Waals surface area contributed by atoms with Gasteiger partial charge in [0.2, 0.25) is 5.91 Å². The van der Waals surface area contributed by atoms with Gasteiger partial charge in [0, 0.05) is 30.6 Å². The minimum atomic E-state index is -0.154. The monoisotopic (exact) mass is 529 g/mol. The van der Waals surface area contributed by atoms with E-state index in [1.807, 2.05) is 54.6 Å². The summed E-state index contributed by atoms with van der Waals surface area (Å²) in [6.45, 7) is 5.31. The molecule has 4 aromatic rings. The molecule has 0 saturated carbocycles. The van der Waals surface area contributed by atoms with Crippen molar-refractivity contribution in [2.45, 2.75) is 38.9 Å². The molecular weight excluding hydrogens is 498 g/mol. The number of nitrogens with zero attached hydrogens (tertiary/aromatic N) is 3. The van der Waals surface area contributed by atoms with Crippen LogP contribution >= 0.6 is 12.2 Å². The number of methoxy groups -OCH3 is 1. The normalized spacial score (nSPS) is 16.9. The molecule has 38 heavy (non-hydrogen) atoms. The van der Waals surface area contributed by atoms with Gasteiger partial charge in [0.15, 0.2) is 5.11 Å². The third kappa shape index (κ3) is 5.15. The second kappa shape index (κ2) is 11.1. The SMILES string of the molecule is COc1ccccc1NC(=O)CCN1C(=S)N[C@@H](c2ccccn2)[C@H]1c1cc(C)n(Cc2ccco2)c1C. The fourth-order valence-electron chi connectivity index (χ4n) is 5.10. The number of hydrogen-bond donors (Lipinski definition) is 2. The lowest BCUT2D eigenvalue weighted by atomic mass is 9.96. The van der Waals surface area contributed by atoms with E-state index in [9.17, 15) is 4.79 Å². The van der Waals surface area contributed by atoms with Gasteiger partial charge in [-0.3, -0.25) is 9.78 Å². The number of para-hydroxylation sites is 2. The first-order valence-electron chi connectivity index (χ1n) is 12.6. The molecule has 1 aliphatic rings. The molecule has 0 bridgehead atoms. The molecule has 1 aliphatic heterocycles. The molecule has 2 atom stereocenters. The minimum absolute atomic E-state index is 0.111. The first kappa shape index (κ1) is 25.5. The molecule has 1 amide bonds. The molecule has 0 radical (unpaired) electrons. The Kier molecular flexibility index (Phi) is 7.46. The summed E-state index contributed by atoms with van der Waals surface area (Å²) >= 11 is 5.81. The van der Waals surface area contributed by atoms with Crippen LogP contribution in [0.15, 0.2) is 77.5 Å². The number of carbonyl (C=O) groups is 1. The van der Waals surface area contributed by atoms with Crippen molar-refractivity contribution in [2.24, 2.45) is 0 Å². The van der Waals surface area contributed by atoms with E-state index in [0.29, 0.717) is 29.6 Å². The Bertz CT molecular complexity index is 1420. The van der Waals surface area contributed by atoms with Gasteiger partial charge in [0.25, 0.3) is 0 Å². The van der Waals surface area contributed by atoms with Crippen LogP contribution in [0, 0.1) is 13.8 Å². The highest BCUT2D eigenvalue weighted by atomic mass is 32.1. The number of aromatic nitrogens is 2. The van der Waals surface area contributed by atoms with Crippen LogP contribution in [0.25, 0.3) is 0 Å². The lowest BCUT2D eigenvalue weighted by Gasteiger charge is -2.28. The van der Waals surface area contributed by atoms with Gasteiger partial charge in [-0.15, -0.1) is 0 Å². The number of anilines is 1. The Morgan fingerprint density at radius 3 is 2.71 bits per heavy atom. The van der Waals surface area contributed by atoms with Gasteiger partial charge < -0.3 is 29.3 Å². The summed E-state index contributed by atoms with van der Waals surface area (Å²) in [6, 6.07) is 19.1. The van der Waals surface area contributed by atoms with E-state index >= 15 is 0 Å². The molecule has 1 fully saturated rings. The summed E-state index contributed by atoms with van der Waals surface area (Å²) in [6.07, 6.45) is 3.75. The largest absolute Gasteiger partial charge is 0.495 e. The predicted octanol–water partition coefficient (Wildman–Crippen LogP) is 5.15. The van der Waals surface area contributed by atoms with Crippen molar-refractivity contribution in [3.8, 4) is 5.75 Å². The smallest absolute Gasteiger partial charge is 0.226 e. The number of carbonyl (C=O) groups excluding carboxylic acids is 1. The standard InChI is InChI=1S/C29H31N5O3S/c1-19-17-22(20(2)34(19)18-21-9-8-16-37-21)28-27(24-11-6-7-14-30-24)32-29(38)33(28)15-13-26(35)31-23-10-4-5-12-25(23)36-3/h4-12,14,16-17,27-28H,13,15,18H2,1-3H3,(H,31,35)(H,32,38)/t27-,28+/m0/s1. The van der Waals surface area contributed by atoms with Crippen LogP contribution in [0.5, 0.6) is 5.75 Å². The van der Waals surface area contributed by atoms with Crippen LogP contribution in [0.3, 0.4) is 0 Å². The molecule has 0 aliphatic carbocycles. The number of thiocarbonyl (C=S) groups is 1. The second-order valence-electron chi connectivity index (χ2n) is 9.31. The zero-order valence-electron chi connectivity index (χ0n) is 21.7. The molecule has 4 heterocycles. The van der Waals surface area contributed by atoms with Crippen LogP contribution in [0.1, 0.15) is 46.9 Å². The number of hydrogen-bond acceptors (Lipinski definition) is 5. The summed E-state index contributed by atoms with van der Waals surface area (Å²) in [4.78, 5) is 19.7. The predicted molar refractivity (Wildman–Crippen MR) is 150 cm³/mol. The minimum Gasteiger partial charge on any atom is -0.495 e.